The van der Waals surface area contributed by atoms with E-state index in [1.807, 2.05) is 54.5 Å². The van der Waals surface area contributed by atoms with Gasteiger partial charge >= 0.3 is 35.8 Å². The molecule has 0 radical (unpaired) electrons. The molecule has 0 bridgehead atoms. The first kappa shape index (κ1) is 59.3. The number of aliphatic hydroxyl groups excluding tert-OH is 1. The van der Waals surface area contributed by atoms with Gasteiger partial charge in [-0.3, -0.25) is 24.0 Å². The highest BCUT2D eigenvalue weighted by molar-refractivity contribution is 5.87. The number of hydrogen-bond acceptors (Lipinski definition) is 15. The standard InChI is InChI=1S/C52H86O15/c1-16-44(54)63-40(21-20-36(10)51(59)61-15)38(12)50(62-39(13)53)42(64-46(56)22-30(2)3)27-37(11)49(65-47(57)23-31(4)5)43-25-34(8)29-52(67-43)28-33(7)24-41(66-52)48(58)35(9)19-17-18-32(6)26-45(55)60-14/h19-20,30-34,37-38,40-43,48-50,58H,16-18,21-29H2,1-15H3/b35-19+,36-20+/t32-,33-,34+,37-,38-,40+,41+,42-,43+,48-,49-,50-,52+/m0/s1. The number of ether oxygens (including phenoxy) is 8. The second kappa shape index (κ2) is 28.6. The van der Waals surface area contributed by atoms with Crippen molar-refractivity contribution in [2.24, 2.45) is 41.4 Å². The van der Waals surface area contributed by atoms with E-state index in [-0.39, 0.29) is 73.2 Å². The van der Waals surface area contributed by atoms with Crippen molar-refractivity contribution < 1.29 is 71.8 Å². The van der Waals surface area contributed by atoms with Gasteiger partial charge in [0.25, 0.3) is 0 Å². The highest BCUT2D eigenvalue weighted by Gasteiger charge is 2.51. The minimum Gasteiger partial charge on any atom is -0.469 e. The fraction of sp³-hybridized carbons (Fsp3) is 0.808. The summed E-state index contributed by atoms with van der Waals surface area (Å²) in [5.41, 5.74) is 1.06. The van der Waals surface area contributed by atoms with E-state index in [4.69, 9.17) is 37.9 Å². The van der Waals surface area contributed by atoms with Crippen molar-refractivity contribution in [1.82, 2.24) is 0 Å². The van der Waals surface area contributed by atoms with Gasteiger partial charge in [-0.25, -0.2) is 4.79 Å². The van der Waals surface area contributed by atoms with Crippen molar-refractivity contribution in [3.63, 3.8) is 0 Å². The number of rotatable bonds is 26. The molecule has 0 aromatic heterocycles. The second-order valence-corrected chi connectivity index (χ2v) is 20.5. The maximum Gasteiger partial charge on any atom is 0.333 e. The molecule has 0 aliphatic carbocycles. The number of esters is 6. The summed E-state index contributed by atoms with van der Waals surface area (Å²) in [5, 5.41) is 11.7. The number of allylic oxidation sites excluding steroid dienone is 1. The van der Waals surface area contributed by atoms with Crippen LogP contribution < -0.4 is 0 Å². The van der Waals surface area contributed by atoms with Crippen LogP contribution >= 0.6 is 0 Å². The summed E-state index contributed by atoms with van der Waals surface area (Å²) < 4.78 is 48.2. The molecule has 384 valence electrons. The van der Waals surface area contributed by atoms with Gasteiger partial charge in [0.2, 0.25) is 0 Å². The zero-order chi connectivity index (χ0) is 50.8. The maximum atomic E-state index is 13.7. The minimum absolute atomic E-state index is 0.00306. The molecule has 1 spiro atoms. The SMILES string of the molecule is CCC(=O)O[C@H](C/C=C(\C)C(=O)OC)[C@H](C)[C@H](OC(C)=O)[C@H](C[C@H](C)[C@H](OC(=O)CC(C)C)[C@H]1C[C@@H](C)C[C@@]2(C[C@@H](C)C[C@H]([C@@H](O)/C(C)=C/CC[C@H](C)CC(=O)OC)O2)O1)OC(=O)CC(C)C. The highest BCUT2D eigenvalue weighted by Crippen LogP contribution is 2.46. The average Bonchev–Trinajstić information content (AvgIpc) is 3.23. The van der Waals surface area contributed by atoms with Gasteiger partial charge in [0.1, 0.15) is 30.5 Å². The van der Waals surface area contributed by atoms with Gasteiger partial charge in [-0.1, -0.05) is 81.4 Å². The average molecular weight is 951 g/mol. The quantitative estimate of drug-likeness (QED) is 0.0373. The van der Waals surface area contributed by atoms with Crippen LogP contribution in [-0.2, 0) is 66.7 Å². The van der Waals surface area contributed by atoms with E-state index in [1.165, 1.54) is 21.1 Å². The summed E-state index contributed by atoms with van der Waals surface area (Å²) in [6.45, 7) is 23.8. The van der Waals surface area contributed by atoms with Crippen molar-refractivity contribution in [3.8, 4) is 0 Å². The van der Waals surface area contributed by atoms with E-state index in [2.05, 4.69) is 13.8 Å². The van der Waals surface area contributed by atoms with Crippen molar-refractivity contribution in [2.75, 3.05) is 14.2 Å². The highest BCUT2D eigenvalue weighted by atomic mass is 16.7. The van der Waals surface area contributed by atoms with Crippen LogP contribution in [0.5, 0.6) is 0 Å². The molecule has 1 N–H and O–H groups in total. The van der Waals surface area contributed by atoms with E-state index in [0.29, 0.717) is 38.5 Å². The van der Waals surface area contributed by atoms with Crippen LogP contribution in [0.3, 0.4) is 0 Å². The van der Waals surface area contributed by atoms with Crippen LogP contribution in [0.25, 0.3) is 0 Å². The Morgan fingerprint density at radius 2 is 1.25 bits per heavy atom. The second-order valence-electron chi connectivity index (χ2n) is 20.5. The van der Waals surface area contributed by atoms with Crippen LogP contribution in [-0.4, -0.2) is 104 Å². The van der Waals surface area contributed by atoms with Crippen LogP contribution in [0.1, 0.15) is 167 Å². The largest absolute Gasteiger partial charge is 0.469 e. The molecular weight excluding hydrogens is 865 g/mol. The number of aliphatic hydroxyl groups is 1. The van der Waals surface area contributed by atoms with Crippen LogP contribution in [0, 0.1) is 41.4 Å². The van der Waals surface area contributed by atoms with E-state index < -0.39 is 90.2 Å². The molecule has 2 fully saturated rings. The Bertz CT molecular complexity index is 1670. The van der Waals surface area contributed by atoms with E-state index in [0.717, 1.165) is 12.0 Å². The van der Waals surface area contributed by atoms with Gasteiger partial charge in [0.05, 0.1) is 26.4 Å². The Labute approximate surface area is 401 Å². The summed E-state index contributed by atoms with van der Waals surface area (Å²) in [4.78, 5) is 77.2. The third-order valence-electron chi connectivity index (χ3n) is 12.7. The lowest BCUT2D eigenvalue weighted by Gasteiger charge is -2.52. The first-order chi connectivity index (χ1) is 31.3. The minimum atomic E-state index is -1.14. The zero-order valence-corrected chi connectivity index (χ0v) is 43.4. The summed E-state index contributed by atoms with van der Waals surface area (Å²) >= 11 is 0. The van der Waals surface area contributed by atoms with Crippen molar-refractivity contribution >= 4 is 35.8 Å². The Kier molecular flexibility index (Phi) is 25.3. The summed E-state index contributed by atoms with van der Waals surface area (Å²) in [6, 6.07) is 0. The van der Waals surface area contributed by atoms with Crippen molar-refractivity contribution in [1.29, 1.82) is 0 Å². The van der Waals surface area contributed by atoms with Gasteiger partial charge < -0.3 is 43.0 Å². The third-order valence-corrected chi connectivity index (χ3v) is 12.7. The molecule has 67 heavy (non-hydrogen) atoms. The molecule has 15 nitrogen and oxygen atoms in total. The normalized spacial score (nSPS) is 24.9. The number of carbonyl (C=O) groups is 6. The van der Waals surface area contributed by atoms with Gasteiger partial charge in [-0.15, -0.1) is 0 Å². The van der Waals surface area contributed by atoms with Crippen LogP contribution in [0.15, 0.2) is 23.3 Å². The first-order valence-corrected chi connectivity index (χ1v) is 24.6. The third kappa shape index (κ3) is 20.4. The molecule has 2 aliphatic heterocycles. The first-order valence-electron chi connectivity index (χ1n) is 24.6. The molecule has 0 saturated carbocycles. The predicted octanol–water partition coefficient (Wildman–Crippen LogP) is 8.94. The van der Waals surface area contributed by atoms with Gasteiger partial charge in [-0.2, -0.15) is 0 Å². The van der Waals surface area contributed by atoms with E-state index in [1.54, 1.807) is 26.8 Å². The molecule has 0 unspecified atom stereocenters. The number of hydrogen-bond donors (Lipinski definition) is 1. The smallest absolute Gasteiger partial charge is 0.333 e. The Hall–Kier alpha value is -3.82. The molecular formula is C52H86O15. The molecule has 2 heterocycles. The molecule has 2 rings (SSSR count). The molecule has 0 aromatic carbocycles. The summed E-state index contributed by atoms with van der Waals surface area (Å²) in [6.07, 6.45) is 1.79. The number of carbonyl (C=O) groups excluding carboxylic acids is 6. The van der Waals surface area contributed by atoms with E-state index in [9.17, 15) is 33.9 Å². The molecule has 0 aromatic rings. The monoisotopic (exact) mass is 951 g/mol. The molecule has 2 aliphatic rings. The molecule has 2 saturated heterocycles. The van der Waals surface area contributed by atoms with Gasteiger partial charge in [0, 0.05) is 63.4 Å². The Morgan fingerprint density at radius 1 is 0.701 bits per heavy atom. The van der Waals surface area contributed by atoms with Gasteiger partial charge in [0.15, 0.2) is 5.79 Å². The Morgan fingerprint density at radius 3 is 1.79 bits per heavy atom. The zero-order valence-electron chi connectivity index (χ0n) is 43.4. The lowest BCUT2D eigenvalue weighted by molar-refractivity contribution is -0.347. The van der Waals surface area contributed by atoms with Crippen molar-refractivity contribution in [2.45, 2.75) is 216 Å². The maximum absolute atomic E-state index is 13.7. The molecule has 15 heteroatoms. The Balaban J connectivity index is 2.62. The number of methoxy groups -OCH3 is 2. The van der Waals surface area contributed by atoms with Gasteiger partial charge in [-0.05, 0) is 87.0 Å². The van der Waals surface area contributed by atoms with Crippen molar-refractivity contribution in [3.05, 3.63) is 23.3 Å². The van der Waals surface area contributed by atoms with E-state index >= 15 is 0 Å². The molecule has 0 amide bonds. The predicted molar refractivity (Wildman–Crippen MR) is 252 cm³/mol. The van der Waals surface area contributed by atoms with Crippen LogP contribution in [0.4, 0.5) is 0 Å². The summed E-state index contributed by atoms with van der Waals surface area (Å²) in [5.74, 6) is -5.11. The topological polar surface area (TPSA) is 196 Å². The molecule has 13 atom stereocenters. The summed E-state index contributed by atoms with van der Waals surface area (Å²) in [7, 11) is 2.65. The fourth-order valence-electron chi connectivity index (χ4n) is 9.32. The lowest BCUT2D eigenvalue weighted by atomic mass is 9.79. The fourth-order valence-corrected chi connectivity index (χ4v) is 9.32. The van der Waals surface area contributed by atoms with Crippen LogP contribution in [0.2, 0.25) is 0 Å². The lowest BCUT2D eigenvalue weighted by Crippen LogP contribution is -2.57.